The summed E-state index contributed by atoms with van der Waals surface area (Å²) in [5, 5.41) is -1.29. The fourth-order valence-electron chi connectivity index (χ4n) is 0.492. The molecule has 9 heavy (non-hydrogen) atoms. The Morgan fingerprint density at radius 1 is 1.56 bits per heavy atom. The van der Waals surface area contributed by atoms with E-state index in [2.05, 4.69) is 4.40 Å². The molecule has 0 aromatic heterocycles. The van der Waals surface area contributed by atoms with Crippen molar-refractivity contribution in [3.05, 3.63) is 0 Å². The number of hydrogen-bond donors (Lipinski definition) is 0. The van der Waals surface area contributed by atoms with Gasteiger partial charge in [0.05, 0.1) is 0 Å². The van der Waals surface area contributed by atoms with Gasteiger partial charge in [-0.3, -0.25) is 0 Å². The Balaban J connectivity index is 2.46. The average Bonchev–Trinajstić information content (AvgIpc) is 2.08. The Kier molecular flexibility index (Phi) is 1.70. The highest BCUT2D eigenvalue weighted by Crippen LogP contribution is 2.35. The van der Waals surface area contributed by atoms with E-state index in [1.807, 2.05) is 0 Å². The summed E-state index contributed by atoms with van der Waals surface area (Å²) < 4.78 is 38.4. The van der Waals surface area contributed by atoms with Gasteiger partial charge in [0.15, 0.2) is 0 Å². The van der Waals surface area contributed by atoms with E-state index in [0.29, 0.717) is 11.9 Å². The van der Waals surface area contributed by atoms with Crippen LogP contribution in [0.1, 0.15) is 6.42 Å². The molecule has 0 aliphatic carbocycles. The lowest BCUT2D eigenvalue weighted by Gasteiger charge is -2.10. The Bertz CT molecular complexity index is 122. The van der Waals surface area contributed by atoms with Gasteiger partial charge in [0.1, 0.15) is 5.25 Å². The second-order valence-corrected chi connectivity index (χ2v) is 2.65. The number of rotatable bonds is 0. The lowest BCUT2D eigenvalue weighted by Crippen LogP contribution is -2.23. The summed E-state index contributed by atoms with van der Waals surface area (Å²) in [7, 11) is 0. The lowest BCUT2D eigenvalue weighted by molar-refractivity contribution is -0.126. The lowest BCUT2D eigenvalue weighted by atomic mass is 10.3. The molecule has 0 spiro atoms. The van der Waals surface area contributed by atoms with Crippen LogP contribution < -0.4 is 0 Å². The van der Waals surface area contributed by atoms with Crippen LogP contribution in [0.3, 0.4) is 0 Å². The minimum atomic E-state index is -4.08. The molecule has 52 valence electrons. The monoisotopic (exact) mass is 155 g/mol. The molecule has 1 atom stereocenters. The zero-order valence-electron chi connectivity index (χ0n) is 4.35. The van der Waals surface area contributed by atoms with Gasteiger partial charge in [-0.15, -0.1) is 0 Å². The van der Waals surface area contributed by atoms with Crippen molar-refractivity contribution in [1.82, 2.24) is 0 Å². The van der Waals surface area contributed by atoms with Gasteiger partial charge < -0.3 is 0 Å². The van der Waals surface area contributed by atoms with Crippen LogP contribution in [0.15, 0.2) is 4.40 Å². The molecule has 1 aliphatic rings. The maximum Gasteiger partial charge on any atom is 0.402 e. The fourth-order valence-corrected chi connectivity index (χ4v) is 1.10. The molecule has 1 heterocycles. The van der Waals surface area contributed by atoms with E-state index in [0.717, 1.165) is 0 Å². The molecule has 0 N–H and O–H groups in total. The molecule has 0 aromatic carbocycles. The van der Waals surface area contributed by atoms with Gasteiger partial charge in [0.2, 0.25) is 0 Å². The van der Waals surface area contributed by atoms with Crippen molar-refractivity contribution in [2.45, 2.75) is 17.8 Å². The topological polar surface area (TPSA) is 12.4 Å². The summed E-state index contributed by atoms with van der Waals surface area (Å²) in [5.74, 6) is 0. The third-order valence-corrected chi connectivity index (χ3v) is 1.93. The van der Waals surface area contributed by atoms with E-state index in [1.165, 1.54) is 6.21 Å². The molecule has 0 aromatic rings. The smallest absolute Gasteiger partial charge is 0.228 e. The van der Waals surface area contributed by atoms with Crippen LogP contribution >= 0.6 is 11.9 Å². The van der Waals surface area contributed by atoms with Gasteiger partial charge in [0.25, 0.3) is 0 Å². The molecule has 1 rings (SSSR count). The van der Waals surface area contributed by atoms with Crippen molar-refractivity contribution in [3.8, 4) is 0 Å². The molecule has 1 unspecified atom stereocenters. The maximum absolute atomic E-state index is 11.7. The Morgan fingerprint density at radius 3 is 2.44 bits per heavy atom. The molecule has 0 radical (unpaired) electrons. The predicted molar refractivity (Wildman–Crippen MR) is 30.5 cm³/mol. The van der Waals surface area contributed by atoms with E-state index in [9.17, 15) is 13.2 Å². The first kappa shape index (κ1) is 6.92. The zero-order chi connectivity index (χ0) is 6.91. The average molecular weight is 155 g/mol. The second-order valence-electron chi connectivity index (χ2n) is 1.66. The first-order valence-corrected chi connectivity index (χ1v) is 3.19. The molecule has 0 saturated carbocycles. The van der Waals surface area contributed by atoms with Crippen LogP contribution in [-0.4, -0.2) is 17.6 Å². The Morgan fingerprint density at radius 2 is 2.22 bits per heavy atom. The third kappa shape index (κ3) is 1.61. The normalized spacial score (nSPS) is 27.2. The minimum Gasteiger partial charge on any atom is -0.228 e. The van der Waals surface area contributed by atoms with Crippen LogP contribution in [0.25, 0.3) is 0 Å². The van der Waals surface area contributed by atoms with E-state index in [-0.39, 0.29) is 6.42 Å². The van der Waals surface area contributed by atoms with Gasteiger partial charge in [-0.1, -0.05) is 0 Å². The molecular formula is C4H4F3NS. The number of halogens is 3. The molecule has 0 fully saturated rings. The summed E-state index contributed by atoms with van der Waals surface area (Å²) in [5.41, 5.74) is 0. The molecule has 0 saturated heterocycles. The van der Waals surface area contributed by atoms with E-state index in [1.54, 1.807) is 0 Å². The Hall–Kier alpha value is -0.190. The minimum absolute atomic E-state index is 0.0220. The molecule has 0 amide bonds. The van der Waals surface area contributed by atoms with Gasteiger partial charge >= 0.3 is 6.18 Å². The van der Waals surface area contributed by atoms with Crippen molar-refractivity contribution < 1.29 is 13.2 Å². The van der Waals surface area contributed by atoms with E-state index < -0.39 is 11.4 Å². The van der Waals surface area contributed by atoms with Crippen molar-refractivity contribution >= 4 is 18.2 Å². The zero-order valence-corrected chi connectivity index (χ0v) is 5.17. The number of nitrogens with zero attached hydrogens (tertiary/aromatic N) is 1. The van der Waals surface area contributed by atoms with Crippen LogP contribution in [0.5, 0.6) is 0 Å². The molecule has 1 aliphatic heterocycles. The second kappa shape index (κ2) is 2.21. The molecular weight excluding hydrogens is 151 g/mol. The predicted octanol–water partition coefficient (Wildman–Crippen LogP) is 2.04. The fraction of sp³-hybridized carbons (Fsp3) is 0.750. The summed E-state index contributed by atoms with van der Waals surface area (Å²) in [6, 6.07) is 0. The highest BCUT2D eigenvalue weighted by Gasteiger charge is 2.41. The van der Waals surface area contributed by atoms with Crippen molar-refractivity contribution in [2.24, 2.45) is 4.40 Å². The molecule has 5 heteroatoms. The van der Waals surface area contributed by atoms with Crippen LogP contribution in [0.4, 0.5) is 13.2 Å². The van der Waals surface area contributed by atoms with Gasteiger partial charge in [-0.05, 0) is 11.9 Å². The maximum atomic E-state index is 11.7. The van der Waals surface area contributed by atoms with Crippen LogP contribution in [-0.2, 0) is 0 Å². The van der Waals surface area contributed by atoms with Crippen molar-refractivity contribution in [3.63, 3.8) is 0 Å². The van der Waals surface area contributed by atoms with Gasteiger partial charge in [0, 0.05) is 12.6 Å². The van der Waals surface area contributed by atoms with E-state index >= 15 is 0 Å². The van der Waals surface area contributed by atoms with E-state index in [4.69, 9.17) is 0 Å². The van der Waals surface area contributed by atoms with Crippen molar-refractivity contribution in [2.75, 3.05) is 0 Å². The SMILES string of the molecule is FC(F)(F)C1CC=NS1. The highest BCUT2D eigenvalue weighted by molar-refractivity contribution is 7.99. The number of alkyl halides is 3. The summed E-state index contributed by atoms with van der Waals surface area (Å²) >= 11 is 0.594. The first-order valence-electron chi connectivity index (χ1n) is 2.35. The van der Waals surface area contributed by atoms with Crippen molar-refractivity contribution in [1.29, 1.82) is 0 Å². The van der Waals surface area contributed by atoms with Gasteiger partial charge in [-0.2, -0.15) is 13.2 Å². The summed E-state index contributed by atoms with van der Waals surface area (Å²) in [6.45, 7) is 0. The largest absolute Gasteiger partial charge is 0.402 e. The standard InChI is InChI=1S/C4H4F3NS/c5-4(6,7)3-1-2-8-9-3/h2-3H,1H2. The Labute approximate surface area is 54.5 Å². The first-order chi connectivity index (χ1) is 4.11. The van der Waals surface area contributed by atoms with Gasteiger partial charge in [-0.25, -0.2) is 4.40 Å². The summed E-state index contributed by atoms with van der Waals surface area (Å²) in [4.78, 5) is 0. The van der Waals surface area contributed by atoms with Crippen LogP contribution in [0.2, 0.25) is 0 Å². The summed E-state index contributed by atoms with van der Waals surface area (Å²) in [6.07, 6.45) is -2.77. The highest BCUT2D eigenvalue weighted by atomic mass is 32.2. The quantitative estimate of drug-likeness (QED) is 0.487. The molecule has 0 bridgehead atoms. The van der Waals surface area contributed by atoms with Crippen LogP contribution in [0, 0.1) is 0 Å². The molecule has 1 nitrogen and oxygen atoms in total. The third-order valence-electron chi connectivity index (χ3n) is 0.947. The number of hydrogen-bond acceptors (Lipinski definition) is 2.